The fourth-order valence-corrected chi connectivity index (χ4v) is 1.30. The lowest BCUT2D eigenvalue weighted by Crippen LogP contribution is -2.01. The van der Waals surface area contributed by atoms with E-state index in [1.165, 1.54) is 12.1 Å². The van der Waals surface area contributed by atoms with Gasteiger partial charge in [-0.3, -0.25) is 0 Å². The molecule has 14 heavy (non-hydrogen) atoms. The highest BCUT2D eigenvalue weighted by Crippen LogP contribution is 2.18. The molecule has 0 fully saturated rings. The molecule has 3 heteroatoms. The summed E-state index contributed by atoms with van der Waals surface area (Å²) in [6.45, 7) is 6.49. The lowest BCUT2D eigenvalue weighted by molar-refractivity contribution is 0.628. The first-order valence-corrected chi connectivity index (χ1v) is 4.80. The Morgan fingerprint density at radius 2 is 2.21 bits per heavy atom. The number of halogens is 2. The zero-order valence-electron chi connectivity index (χ0n) is 8.11. The molecule has 0 unspecified atom stereocenters. The summed E-state index contributed by atoms with van der Waals surface area (Å²) < 4.78 is 12.9. The van der Waals surface area contributed by atoms with Crippen molar-refractivity contribution in [2.45, 2.75) is 13.3 Å². The topological polar surface area (TPSA) is 12.0 Å². The molecule has 0 heterocycles. The van der Waals surface area contributed by atoms with Gasteiger partial charge in [0.2, 0.25) is 0 Å². The number of hydrogen-bond acceptors (Lipinski definition) is 1. The smallest absolute Gasteiger partial charge is 0.126 e. The minimum absolute atomic E-state index is 0.324. The molecule has 0 aliphatic rings. The van der Waals surface area contributed by atoms with E-state index in [-0.39, 0.29) is 5.82 Å². The largest absolute Gasteiger partial charge is 0.385 e. The molecule has 1 aromatic carbocycles. The first-order chi connectivity index (χ1) is 6.58. The molecule has 0 bridgehead atoms. The fourth-order valence-electron chi connectivity index (χ4n) is 1.08. The molecule has 0 aliphatic carbocycles. The van der Waals surface area contributed by atoms with Crippen LogP contribution in [0, 0.1) is 5.82 Å². The zero-order valence-corrected chi connectivity index (χ0v) is 8.87. The number of rotatable bonds is 4. The Morgan fingerprint density at radius 3 is 2.79 bits per heavy atom. The summed E-state index contributed by atoms with van der Waals surface area (Å²) in [7, 11) is 0. The van der Waals surface area contributed by atoms with E-state index >= 15 is 0 Å². The van der Waals surface area contributed by atoms with Crippen molar-refractivity contribution in [3.05, 3.63) is 41.2 Å². The Kier molecular flexibility index (Phi) is 3.96. The standard InChI is InChI=1S/C11H13ClFN/c1-8(2)3-4-14-11-6-9(12)5-10(13)7-11/h5-7,14H,1,3-4H2,2H3. The molecule has 1 N–H and O–H groups in total. The predicted octanol–water partition coefficient (Wildman–Crippen LogP) is 3.86. The van der Waals surface area contributed by atoms with Crippen LogP contribution in [0.4, 0.5) is 10.1 Å². The second kappa shape index (κ2) is 5.01. The maximum Gasteiger partial charge on any atom is 0.126 e. The van der Waals surface area contributed by atoms with Gasteiger partial charge < -0.3 is 5.32 Å². The highest BCUT2D eigenvalue weighted by molar-refractivity contribution is 6.30. The predicted molar refractivity (Wildman–Crippen MR) is 59.3 cm³/mol. The van der Waals surface area contributed by atoms with Gasteiger partial charge in [0.25, 0.3) is 0 Å². The van der Waals surface area contributed by atoms with Gasteiger partial charge in [-0.1, -0.05) is 17.2 Å². The number of hydrogen-bond donors (Lipinski definition) is 1. The zero-order chi connectivity index (χ0) is 10.6. The van der Waals surface area contributed by atoms with E-state index in [0.29, 0.717) is 10.7 Å². The molecule has 0 saturated carbocycles. The van der Waals surface area contributed by atoms with E-state index < -0.39 is 0 Å². The molecule has 0 aliphatic heterocycles. The van der Waals surface area contributed by atoms with E-state index in [4.69, 9.17) is 11.6 Å². The van der Waals surface area contributed by atoms with Crippen molar-refractivity contribution < 1.29 is 4.39 Å². The molecule has 0 amide bonds. The Morgan fingerprint density at radius 1 is 1.50 bits per heavy atom. The lowest BCUT2D eigenvalue weighted by atomic mass is 10.2. The third-order valence-corrected chi connectivity index (χ3v) is 1.96. The number of benzene rings is 1. The van der Waals surface area contributed by atoms with Gasteiger partial charge in [0, 0.05) is 17.3 Å². The summed E-state index contributed by atoms with van der Waals surface area (Å²) in [5.74, 6) is -0.324. The summed E-state index contributed by atoms with van der Waals surface area (Å²) in [6.07, 6.45) is 0.869. The first kappa shape index (κ1) is 11.1. The van der Waals surface area contributed by atoms with Crippen molar-refractivity contribution in [2.75, 3.05) is 11.9 Å². The van der Waals surface area contributed by atoms with Gasteiger partial charge in [0.05, 0.1) is 0 Å². The summed E-state index contributed by atoms with van der Waals surface area (Å²) in [5, 5.41) is 3.48. The third-order valence-electron chi connectivity index (χ3n) is 1.74. The van der Waals surface area contributed by atoms with Crippen molar-refractivity contribution in [3.8, 4) is 0 Å². The highest BCUT2D eigenvalue weighted by Gasteiger charge is 1.98. The Labute approximate surface area is 88.6 Å². The van der Waals surface area contributed by atoms with E-state index in [1.807, 2.05) is 6.92 Å². The summed E-state index contributed by atoms with van der Waals surface area (Å²) in [5.41, 5.74) is 1.80. The SMILES string of the molecule is C=C(C)CCNc1cc(F)cc(Cl)c1. The number of nitrogens with one attached hydrogen (secondary N) is 1. The molecule has 0 spiro atoms. The second-order valence-electron chi connectivity index (χ2n) is 3.29. The molecule has 1 aromatic rings. The highest BCUT2D eigenvalue weighted by atomic mass is 35.5. The van der Waals surface area contributed by atoms with Crippen molar-refractivity contribution in [2.24, 2.45) is 0 Å². The summed E-state index contributed by atoms with van der Waals surface area (Å²) >= 11 is 5.69. The average Bonchev–Trinajstić information content (AvgIpc) is 2.01. The van der Waals surface area contributed by atoms with Gasteiger partial charge in [-0.05, 0) is 31.5 Å². The van der Waals surface area contributed by atoms with Crippen LogP contribution in [-0.2, 0) is 0 Å². The monoisotopic (exact) mass is 213 g/mol. The molecular formula is C11H13ClFN. The Balaban J connectivity index is 2.54. The molecule has 0 aromatic heterocycles. The fraction of sp³-hybridized carbons (Fsp3) is 0.273. The second-order valence-corrected chi connectivity index (χ2v) is 3.73. The van der Waals surface area contributed by atoms with E-state index in [1.54, 1.807) is 6.07 Å². The van der Waals surface area contributed by atoms with Crippen LogP contribution in [0.3, 0.4) is 0 Å². The van der Waals surface area contributed by atoms with Crippen LogP contribution in [-0.4, -0.2) is 6.54 Å². The average molecular weight is 214 g/mol. The molecular weight excluding hydrogens is 201 g/mol. The van der Waals surface area contributed by atoms with Gasteiger partial charge in [0.1, 0.15) is 5.82 Å². The van der Waals surface area contributed by atoms with Crippen molar-refractivity contribution in [1.82, 2.24) is 0 Å². The van der Waals surface area contributed by atoms with E-state index in [0.717, 1.165) is 18.5 Å². The lowest BCUT2D eigenvalue weighted by Gasteiger charge is -2.06. The van der Waals surface area contributed by atoms with Crippen LogP contribution in [0.5, 0.6) is 0 Å². The molecule has 1 rings (SSSR count). The van der Waals surface area contributed by atoms with Gasteiger partial charge in [0.15, 0.2) is 0 Å². The molecule has 76 valence electrons. The maximum absolute atomic E-state index is 12.9. The van der Waals surface area contributed by atoms with Gasteiger partial charge in [-0.25, -0.2) is 4.39 Å². The minimum atomic E-state index is -0.324. The van der Waals surface area contributed by atoms with Crippen LogP contribution in [0.2, 0.25) is 5.02 Å². The van der Waals surface area contributed by atoms with Crippen LogP contribution in [0.25, 0.3) is 0 Å². The van der Waals surface area contributed by atoms with Crippen LogP contribution < -0.4 is 5.32 Å². The van der Waals surface area contributed by atoms with Gasteiger partial charge >= 0.3 is 0 Å². The van der Waals surface area contributed by atoms with Gasteiger partial charge in [-0.15, -0.1) is 6.58 Å². The van der Waals surface area contributed by atoms with Crippen molar-refractivity contribution >= 4 is 17.3 Å². The molecule has 0 saturated heterocycles. The molecule has 0 radical (unpaired) electrons. The Hall–Kier alpha value is -1.02. The van der Waals surface area contributed by atoms with Gasteiger partial charge in [-0.2, -0.15) is 0 Å². The van der Waals surface area contributed by atoms with Crippen LogP contribution in [0.1, 0.15) is 13.3 Å². The third kappa shape index (κ3) is 3.79. The first-order valence-electron chi connectivity index (χ1n) is 4.42. The Bertz CT molecular complexity index is 316. The quantitative estimate of drug-likeness (QED) is 0.749. The molecule has 0 atom stereocenters. The van der Waals surface area contributed by atoms with Crippen LogP contribution in [0.15, 0.2) is 30.4 Å². The number of anilines is 1. The van der Waals surface area contributed by atoms with E-state index in [2.05, 4.69) is 11.9 Å². The summed E-state index contributed by atoms with van der Waals surface area (Å²) in [4.78, 5) is 0. The van der Waals surface area contributed by atoms with Crippen molar-refractivity contribution in [3.63, 3.8) is 0 Å². The van der Waals surface area contributed by atoms with Crippen LogP contribution >= 0.6 is 11.6 Å². The van der Waals surface area contributed by atoms with E-state index in [9.17, 15) is 4.39 Å². The van der Waals surface area contributed by atoms with Crippen molar-refractivity contribution in [1.29, 1.82) is 0 Å². The molecule has 1 nitrogen and oxygen atoms in total. The minimum Gasteiger partial charge on any atom is -0.385 e. The maximum atomic E-state index is 12.9. The summed E-state index contributed by atoms with van der Waals surface area (Å²) in [6, 6.07) is 4.40. The normalized spacial score (nSPS) is 9.93.